The summed E-state index contributed by atoms with van der Waals surface area (Å²) in [6, 6.07) is 2.01. The van der Waals surface area contributed by atoms with Crippen molar-refractivity contribution in [3.63, 3.8) is 0 Å². The van der Waals surface area contributed by atoms with Crippen LogP contribution in [0.4, 0.5) is 0 Å². The predicted octanol–water partition coefficient (Wildman–Crippen LogP) is 2.42. The Morgan fingerprint density at radius 3 is 2.89 bits per heavy atom. The zero-order chi connectivity index (χ0) is 13.2. The summed E-state index contributed by atoms with van der Waals surface area (Å²) in [6.45, 7) is 0.691. The summed E-state index contributed by atoms with van der Waals surface area (Å²) in [4.78, 5) is 4.61. The summed E-state index contributed by atoms with van der Waals surface area (Å²) in [6.07, 6.45) is 8.23. The minimum atomic E-state index is 0.0577. The van der Waals surface area contributed by atoms with Crippen molar-refractivity contribution >= 4 is 5.84 Å². The molecule has 4 nitrogen and oxygen atoms in total. The number of fused-ring (bicyclic) bond motifs is 1. The molecule has 1 heterocycles. The molecular weight excluding hydrogens is 238 g/mol. The van der Waals surface area contributed by atoms with Gasteiger partial charge in [-0.2, -0.15) is 0 Å². The van der Waals surface area contributed by atoms with Gasteiger partial charge in [0, 0.05) is 5.69 Å². The van der Waals surface area contributed by atoms with E-state index in [1.807, 2.05) is 6.07 Å². The van der Waals surface area contributed by atoms with Crippen LogP contribution in [0.15, 0.2) is 6.07 Å². The van der Waals surface area contributed by atoms with E-state index in [0.717, 1.165) is 30.9 Å². The van der Waals surface area contributed by atoms with Crippen molar-refractivity contribution in [2.24, 2.45) is 11.7 Å². The quantitative estimate of drug-likeness (QED) is 0.630. The Morgan fingerprint density at radius 2 is 2.16 bits per heavy atom. The van der Waals surface area contributed by atoms with Gasteiger partial charge >= 0.3 is 0 Å². The molecule has 1 aromatic heterocycles. The maximum absolute atomic E-state index is 7.68. The van der Waals surface area contributed by atoms with Crippen LogP contribution in [0.25, 0.3) is 0 Å². The maximum atomic E-state index is 7.68. The van der Waals surface area contributed by atoms with Gasteiger partial charge in [-0.3, -0.25) is 5.41 Å². The third-order valence-electron chi connectivity index (χ3n) is 4.02. The maximum Gasteiger partial charge on any atom is 0.224 e. The van der Waals surface area contributed by atoms with Gasteiger partial charge in [0.25, 0.3) is 0 Å². The van der Waals surface area contributed by atoms with E-state index in [4.69, 9.17) is 15.9 Å². The molecule has 2 aliphatic carbocycles. The van der Waals surface area contributed by atoms with Gasteiger partial charge in [-0.15, -0.1) is 0 Å². The Kier molecular flexibility index (Phi) is 3.40. The first-order chi connectivity index (χ1) is 9.24. The highest BCUT2D eigenvalue weighted by Crippen LogP contribution is 2.32. The monoisotopic (exact) mass is 259 g/mol. The van der Waals surface area contributed by atoms with Crippen LogP contribution >= 0.6 is 0 Å². The van der Waals surface area contributed by atoms with E-state index >= 15 is 0 Å². The lowest BCUT2D eigenvalue weighted by molar-refractivity contribution is 0.289. The Balaban J connectivity index is 1.80. The van der Waals surface area contributed by atoms with Gasteiger partial charge in [0.1, 0.15) is 5.84 Å². The lowest BCUT2D eigenvalue weighted by atomic mass is 9.95. The smallest absolute Gasteiger partial charge is 0.224 e. The number of hydrogen-bond acceptors (Lipinski definition) is 3. The van der Waals surface area contributed by atoms with E-state index in [2.05, 4.69) is 4.98 Å². The standard InChI is InChI=1S/C15H21N3O/c16-14(17)12-9-11-3-1-2-4-13(11)18-15(12)19-8-7-10-5-6-10/h9-10H,1-8H2,(H3,16,17). The van der Waals surface area contributed by atoms with Crippen molar-refractivity contribution in [2.75, 3.05) is 6.61 Å². The van der Waals surface area contributed by atoms with E-state index in [1.54, 1.807) is 0 Å². The van der Waals surface area contributed by atoms with Crippen molar-refractivity contribution in [3.05, 3.63) is 22.9 Å². The van der Waals surface area contributed by atoms with Crippen molar-refractivity contribution in [1.29, 1.82) is 5.41 Å². The molecular formula is C15H21N3O. The summed E-state index contributed by atoms with van der Waals surface area (Å²) in [5, 5.41) is 7.68. The first kappa shape index (κ1) is 12.5. The third kappa shape index (κ3) is 2.88. The van der Waals surface area contributed by atoms with Gasteiger partial charge in [-0.05, 0) is 49.7 Å². The van der Waals surface area contributed by atoms with Crippen LogP contribution < -0.4 is 10.5 Å². The topological polar surface area (TPSA) is 72.0 Å². The van der Waals surface area contributed by atoms with Crippen LogP contribution in [-0.4, -0.2) is 17.4 Å². The van der Waals surface area contributed by atoms with Gasteiger partial charge in [-0.1, -0.05) is 12.8 Å². The van der Waals surface area contributed by atoms with Crippen LogP contribution in [0.2, 0.25) is 0 Å². The fourth-order valence-corrected chi connectivity index (χ4v) is 2.65. The van der Waals surface area contributed by atoms with E-state index in [-0.39, 0.29) is 5.84 Å². The van der Waals surface area contributed by atoms with Gasteiger partial charge in [0.05, 0.1) is 12.2 Å². The minimum absolute atomic E-state index is 0.0577. The average Bonchev–Trinajstić information content (AvgIpc) is 3.22. The second-order valence-electron chi connectivity index (χ2n) is 5.65. The highest BCUT2D eigenvalue weighted by Gasteiger charge is 2.22. The van der Waals surface area contributed by atoms with Crippen molar-refractivity contribution in [2.45, 2.75) is 44.9 Å². The van der Waals surface area contributed by atoms with E-state index in [1.165, 1.54) is 31.2 Å². The zero-order valence-electron chi connectivity index (χ0n) is 11.2. The lowest BCUT2D eigenvalue weighted by Crippen LogP contribution is -2.17. The molecule has 0 atom stereocenters. The minimum Gasteiger partial charge on any atom is -0.477 e. The first-order valence-corrected chi connectivity index (χ1v) is 7.24. The highest BCUT2D eigenvalue weighted by atomic mass is 16.5. The molecule has 1 fully saturated rings. The second-order valence-corrected chi connectivity index (χ2v) is 5.65. The molecule has 2 aliphatic rings. The number of nitrogens with two attached hydrogens (primary N) is 1. The van der Waals surface area contributed by atoms with E-state index in [9.17, 15) is 0 Å². The molecule has 1 aromatic rings. The lowest BCUT2D eigenvalue weighted by Gasteiger charge is -2.18. The van der Waals surface area contributed by atoms with Crippen molar-refractivity contribution < 1.29 is 4.74 Å². The molecule has 3 N–H and O–H groups in total. The first-order valence-electron chi connectivity index (χ1n) is 7.24. The number of pyridine rings is 1. The Labute approximate surface area is 113 Å². The van der Waals surface area contributed by atoms with E-state index in [0.29, 0.717) is 18.1 Å². The number of nitrogens with one attached hydrogen (secondary N) is 1. The second kappa shape index (κ2) is 5.19. The van der Waals surface area contributed by atoms with Crippen molar-refractivity contribution in [1.82, 2.24) is 4.98 Å². The Hall–Kier alpha value is -1.58. The van der Waals surface area contributed by atoms with Gasteiger partial charge in [0.15, 0.2) is 0 Å². The van der Waals surface area contributed by atoms with Crippen LogP contribution in [0.1, 0.15) is 48.9 Å². The Bertz CT molecular complexity index is 494. The van der Waals surface area contributed by atoms with E-state index < -0.39 is 0 Å². The predicted molar refractivity (Wildman–Crippen MR) is 74.7 cm³/mol. The summed E-state index contributed by atoms with van der Waals surface area (Å²) in [5.41, 5.74) is 8.70. The molecule has 0 aliphatic heterocycles. The van der Waals surface area contributed by atoms with Gasteiger partial charge < -0.3 is 10.5 Å². The molecule has 102 valence electrons. The van der Waals surface area contributed by atoms with Crippen LogP contribution in [-0.2, 0) is 12.8 Å². The Morgan fingerprint density at radius 1 is 1.37 bits per heavy atom. The number of hydrogen-bond donors (Lipinski definition) is 2. The summed E-state index contributed by atoms with van der Waals surface area (Å²) in [5.74, 6) is 1.47. The summed E-state index contributed by atoms with van der Waals surface area (Å²) in [7, 11) is 0. The fraction of sp³-hybridized carbons (Fsp3) is 0.600. The molecule has 1 saturated carbocycles. The highest BCUT2D eigenvalue weighted by molar-refractivity contribution is 5.97. The number of aromatic nitrogens is 1. The summed E-state index contributed by atoms with van der Waals surface area (Å²) < 4.78 is 5.78. The SMILES string of the molecule is N=C(N)c1cc2c(nc1OCCC1CC1)CCCC2. The molecule has 0 bridgehead atoms. The molecule has 0 radical (unpaired) electrons. The van der Waals surface area contributed by atoms with Crippen molar-refractivity contribution in [3.8, 4) is 5.88 Å². The number of aryl methyl sites for hydroxylation is 2. The number of rotatable bonds is 5. The zero-order valence-corrected chi connectivity index (χ0v) is 11.2. The molecule has 3 rings (SSSR count). The molecule has 0 saturated heterocycles. The largest absolute Gasteiger partial charge is 0.477 e. The third-order valence-corrected chi connectivity index (χ3v) is 4.02. The van der Waals surface area contributed by atoms with Gasteiger partial charge in [0.2, 0.25) is 5.88 Å². The number of ether oxygens (including phenoxy) is 1. The molecule has 0 spiro atoms. The van der Waals surface area contributed by atoms with Crippen LogP contribution in [0.3, 0.4) is 0 Å². The summed E-state index contributed by atoms with van der Waals surface area (Å²) >= 11 is 0. The average molecular weight is 259 g/mol. The van der Waals surface area contributed by atoms with Gasteiger partial charge in [-0.25, -0.2) is 4.98 Å². The number of nitrogens with zero attached hydrogens (tertiary/aromatic N) is 1. The molecule has 0 amide bonds. The molecule has 0 aromatic carbocycles. The normalized spacial score (nSPS) is 17.9. The number of nitrogen functional groups attached to an aromatic ring is 1. The number of amidine groups is 1. The molecule has 0 unspecified atom stereocenters. The molecule has 19 heavy (non-hydrogen) atoms. The van der Waals surface area contributed by atoms with Crippen LogP contribution in [0, 0.1) is 11.3 Å². The molecule has 4 heteroatoms. The fourth-order valence-electron chi connectivity index (χ4n) is 2.65. The van der Waals surface area contributed by atoms with Crippen LogP contribution in [0.5, 0.6) is 5.88 Å².